The minimum atomic E-state index is 0.299. The standard InChI is InChI=1S/C15H17ClN2O/c1-11(17-2)12-4-3-5-14(8-12)19-10-13-6-7-18-9-15(13)16/h3-9,11,17H,10H2,1-2H3. The summed E-state index contributed by atoms with van der Waals surface area (Å²) in [6, 6.07) is 10.2. The number of ether oxygens (including phenoxy) is 1. The van der Waals surface area contributed by atoms with Crippen LogP contribution >= 0.6 is 11.6 Å². The monoisotopic (exact) mass is 276 g/mol. The zero-order valence-corrected chi connectivity index (χ0v) is 11.8. The molecule has 0 bridgehead atoms. The summed E-state index contributed by atoms with van der Waals surface area (Å²) in [4.78, 5) is 3.95. The van der Waals surface area contributed by atoms with Crippen LogP contribution in [0.4, 0.5) is 0 Å². The van der Waals surface area contributed by atoms with E-state index < -0.39 is 0 Å². The molecule has 0 aliphatic heterocycles. The van der Waals surface area contributed by atoms with Crippen LogP contribution in [0.25, 0.3) is 0 Å². The molecule has 4 heteroatoms. The Bertz CT molecular complexity index is 545. The highest BCUT2D eigenvalue weighted by atomic mass is 35.5. The summed E-state index contributed by atoms with van der Waals surface area (Å²) < 4.78 is 5.77. The van der Waals surface area contributed by atoms with Crippen molar-refractivity contribution >= 4 is 11.6 Å². The molecule has 0 saturated carbocycles. The Morgan fingerprint density at radius 3 is 2.95 bits per heavy atom. The van der Waals surface area contributed by atoms with Gasteiger partial charge in [-0.2, -0.15) is 0 Å². The first-order chi connectivity index (χ1) is 9.20. The van der Waals surface area contributed by atoms with Gasteiger partial charge in [-0.1, -0.05) is 23.7 Å². The van der Waals surface area contributed by atoms with Crippen molar-refractivity contribution in [3.63, 3.8) is 0 Å². The van der Waals surface area contributed by atoms with Crippen LogP contribution in [0.5, 0.6) is 5.75 Å². The van der Waals surface area contributed by atoms with Gasteiger partial charge in [-0.3, -0.25) is 4.98 Å². The molecular formula is C15H17ClN2O. The van der Waals surface area contributed by atoms with Crippen LogP contribution in [-0.2, 0) is 6.61 Å². The van der Waals surface area contributed by atoms with Crippen molar-refractivity contribution in [1.29, 1.82) is 0 Å². The highest BCUT2D eigenvalue weighted by molar-refractivity contribution is 6.31. The third-order valence-corrected chi connectivity index (χ3v) is 3.38. The Balaban J connectivity index is 2.06. The fourth-order valence-electron chi connectivity index (χ4n) is 1.72. The number of hydrogen-bond donors (Lipinski definition) is 1. The number of aromatic nitrogens is 1. The fraction of sp³-hybridized carbons (Fsp3) is 0.267. The Morgan fingerprint density at radius 2 is 2.21 bits per heavy atom. The first-order valence-corrected chi connectivity index (χ1v) is 6.57. The van der Waals surface area contributed by atoms with E-state index in [1.165, 1.54) is 5.56 Å². The summed E-state index contributed by atoms with van der Waals surface area (Å²) in [6.45, 7) is 2.55. The average molecular weight is 277 g/mol. The van der Waals surface area contributed by atoms with Gasteiger partial charge in [0.25, 0.3) is 0 Å². The van der Waals surface area contributed by atoms with Gasteiger partial charge < -0.3 is 10.1 Å². The van der Waals surface area contributed by atoms with Crippen LogP contribution in [0.1, 0.15) is 24.1 Å². The largest absolute Gasteiger partial charge is 0.489 e. The maximum atomic E-state index is 6.04. The summed E-state index contributed by atoms with van der Waals surface area (Å²) in [5.41, 5.74) is 2.13. The third kappa shape index (κ3) is 3.69. The molecule has 3 nitrogen and oxygen atoms in total. The Hall–Kier alpha value is -1.58. The molecule has 0 spiro atoms. The van der Waals surface area contributed by atoms with Gasteiger partial charge in [0.1, 0.15) is 12.4 Å². The van der Waals surface area contributed by atoms with E-state index in [9.17, 15) is 0 Å². The normalized spacial score (nSPS) is 12.2. The van der Waals surface area contributed by atoms with Gasteiger partial charge in [0, 0.05) is 24.0 Å². The molecule has 100 valence electrons. The minimum Gasteiger partial charge on any atom is -0.489 e. The molecule has 19 heavy (non-hydrogen) atoms. The summed E-state index contributed by atoms with van der Waals surface area (Å²) >= 11 is 6.04. The molecule has 1 atom stereocenters. The molecular weight excluding hydrogens is 260 g/mol. The van der Waals surface area contributed by atoms with Crippen molar-refractivity contribution in [3.05, 3.63) is 58.9 Å². The van der Waals surface area contributed by atoms with Crippen molar-refractivity contribution in [2.45, 2.75) is 19.6 Å². The fourth-order valence-corrected chi connectivity index (χ4v) is 1.90. The van der Waals surface area contributed by atoms with Crippen LogP contribution < -0.4 is 10.1 Å². The second-order valence-electron chi connectivity index (χ2n) is 4.34. The van der Waals surface area contributed by atoms with E-state index in [-0.39, 0.29) is 0 Å². The lowest BCUT2D eigenvalue weighted by Crippen LogP contribution is -2.12. The number of benzene rings is 1. The van der Waals surface area contributed by atoms with Gasteiger partial charge in [-0.15, -0.1) is 0 Å². The Labute approximate surface area is 118 Å². The molecule has 1 aromatic heterocycles. The third-order valence-electron chi connectivity index (χ3n) is 3.04. The second-order valence-corrected chi connectivity index (χ2v) is 4.75. The van der Waals surface area contributed by atoms with Gasteiger partial charge in [0.2, 0.25) is 0 Å². The van der Waals surface area contributed by atoms with Crippen LogP contribution in [0.15, 0.2) is 42.7 Å². The topological polar surface area (TPSA) is 34.1 Å². The molecule has 0 amide bonds. The average Bonchev–Trinajstić information content (AvgIpc) is 2.46. The lowest BCUT2D eigenvalue weighted by Gasteiger charge is -2.13. The van der Waals surface area contributed by atoms with Gasteiger partial charge in [-0.25, -0.2) is 0 Å². The lowest BCUT2D eigenvalue weighted by atomic mass is 10.1. The molecule has 2 aromatic rings. The van der Waals surface area contributed by atoms with Crippen molar-refractivity contribution < 1.29 is 4.74 Å². The zero-order chi connectivity index (χ0) is 13.7. The van der Waals surface area contributed by atoms with E-state index in [0.717, 1.165) is 11.3 Å². The first kappa shape index (κ1) is 13.8. The van der Waals surface area contributed by atoms with E-state index in [2.05, 4.69) is 23.3 Å². The van der Waals surface area contributed by atoms with E-state index >= 15 is 0 Å². The highest BCUT2D eigenvalue weighted by Gasteiger charge is 2.05. The van der Waals surface area contributed by atoms with Gasteiger partial charge in [0.05, 0.1) is 5.02 Å². The lowest BCUT2D eigenvalue weighted by molar-refractivity contribution is 0.305. The Morgan fingerprint density at radius 1 is 1.37 bits per heavy atom. The predicted molar refractivity (Wildman–Crippen MR) is 77.5 cm³/mol. The summed E-state index contributed by atoms with van der Waals surface area (Å²) in [5, 5.41) is 3.83. The molecule has 0 aliphatic carbocycles. The number of rotatable bonds is 5. The highest BCUT2D eigenvalue weighted by Crippen LogP contribution is 2.21. The molecule has 0 aliphatic rings. The summed E-state index contributed by atoms with van der Waals surface area (Å²) in [6.07, 6.45) is 3.34. The number of hydrogen-bond acceptors (Lipinski definition) is 3. The van der Waals surface area contributed by atoms with Crippen LogP contribution in [0, 0.1) is 0 Å². The van der Waals surface area contributed by atoms with E-state index in [1.807, 2.05) is 31.3 Å². The van der Waals surface area contributed by atoms with Crippen molar-refractivity contribution in [1.82, 2.24) is 10.3 Å². The number of nitrogens with one attached hydrogen (secondary N) is 1. The quantitative estimate of drug-likeness (QED) is 0.906. The second kappa shape index (κ2) is 6.55. The number of pyridine rings is 1. The molecule has 0 radical (unpaired) electrons. The van der Waals surface area contributed by atoms with Crippen molar-refractivity contribution in [3.8, 4) is 5.75 Å². The molecule has 0 fully saturated rings. The van der Waals surface area contributed by atoms with Crippen molar-refractivity contribution in [2.24, 2.45) is 0 Å². The van der Waals surface area contributed by atoms with Gasteiger partial charge in [-0.05, 0) is 37.7 Å². The molecule has 1 heterocycles. The van der Waals surface area contributed by atoms with Crippen LogP contribution in [0.2, 0.25) is 5.02 Å². The zero-order valence-electron chi connectivity index (χ0n) is 11.1. The molecule has 2 rings (SSSR count). The first-order valence-electron chi connectivity index (χ1n) is 6.19. The maximum absolute atomic E-state index is 6.04. The SMILES string of the molecule is CNC(C)c1cccc(OCc2ccncc2Cl)c1. The van der Waals surface area contributed by atoms with Gasteiger partial charge >= 0.3 is 0 Å². The van der Waals surface area contributed by atoms with E-state index in [0.29, 0.717) is 17.7 Å². The summed E-state index contributed by atoms with van der Waals surface area (Å²) in [5.74, 6) is 0.840. The van der Waals surface area contributed by atoms with E-state index in [1.54, 1.807) is 12.4 Å². The minimum absolute atomic E-state index is 0.299. The van der Waals surface area contributed by atoms with E-state index in [4.69, 9.17) is 16.3 Å². The summed E-state index contributed by atoms with van der Waals surface area (Å²) in [7, 11) is 1.94. The molecule has 1 aromatic carbocycles. The number of nitrogens with zero attached hydrogens (tertiary/aromatic N) is 1. The van der Waals surface area contributed by atoms with Crippen LogP contribution in [-0.4, -0.2) is 12.0 Å². The van der Waals surface area contributed by atoms with Crippen molar-refractivity contribution in [2.75, 3.05) is 7.05 Å². The molecule has 1 unspecified atom stereocenters. The predicted octanol–water partition coefficient (Wildman–Crippen LogP) is 3.59. The molecule has 1 N–H and O–H groups in total. The maximum Gasteiger partial charge on any atom is 0.120 e. The van der Waals surface area contributed by atoms with Crippen LogP contribution in [0.3, 0.4) is 0 Å². The van der Waals surface area contributed by atoms with Gasteiger partial charge in [0.15, 0.2) is 0 Å². The molecule has 0 saturated heterocycles. The number of halogens is 1. The smallest absolute Gasteiger partial charge is 0.120 e. The Kier molecular flexibility index (Phi) is 4.77.